The van der Waals surface area contributed by atoms with Crippen molar-refractivity contribution in [1.82, 2.24) is 4.31 Å². The summed E-state index contributed by atoms with van der Waals surface area (Å²) in [7, 11) is -3.91. The molecule has 0 bridgehead atoms. The summed E-state index contributed by atoms with van der Waals surface area (Å²) in [5, 5.41) is 14.3. The van der Waals surface area contributed by atoms with Gasteiger partial charge >= 0.3 is 5.69 Å². The number of nitro groups is 1. The lowest BCUT2D eigenvalue weighted by Crippen LogP contribution is -2.40. The molecule has 1 fully saturated rings. The fourth-order valence-corrected chi connectivity index (χ4v) is 4.58. The van der Waals surface area contributed by atoms with Crippen LogP contribution in [0.4, 0.5) is 11.4 Å². The largest absolute Gasteiger partial charge is 0.474 e. The molecule has 0 radical (unpaired) electrons. The molecule has 1 N–H and O–H groups in total. The molecule has 0 unspecified atom stereocenters. The van der Waals surface area contributed by atoms with Gasteiger partial charge in [-0.25, -0.2) is 8.42 Å². The Labute approximate surface area is 186 Å². The molecular weight excluding hydrogens is 438 g/mol. The minimum Gasteiger partial charge on any atom is -0.474 e. The molecule has 1 amide bonds. The Balaban J connectivity index is 1.76. The van der Waals surface area contributed by atoms with E-state index in [1.54, 1.807) is 12.1 Å². The van der Waals surface area contributed by atoms with Crippen molar-refractivity contribution >= 4 is 27.3 Å². The molecule has 11 heteroatoms. The Morgan fingerprint density at radius 1 is 1.22 bits per heavy atom. The van der Waals surface area contributed by atoms with E-state index in [2.05, 4.69) is 5.32 Å². The number of rotatable bonds is 8. The van der Waals surface area contributed by atoms with Crippen LogP contribution >= 0.6 is 0 Å². The summed E-state index contributed by atoms with van der Waals surface area (Å²) in [5.41, 5.74) is 1.16. The van der Waals surface area contributed by atoms with Gasteiger partial charge in [-0.15, -0.1) is 0 Å². The number of morpholine rings is 1. The van der Waals surface area contributed by atoms with Gasteiger partial charge in [0.15, 0.2) is 11.9 Å². The van der Waals surface area contributed by atoms with Crippen LogP contribution in [0.15, 0.2) is 47.4 Å². The van der Waals surface area contributed by atoms with Crippen LogP contribution in [0.1, 0.15) is 19.4 Å². The average Bonchev–Trinajstić information content (AvgIpc) is 2.80. The van der Waals surface area contributed by atoms with E-state index in [1.807, 2.05) is 19.1 Å². The SMILES string of the molecule is CCc1ccc(NC(=O)[C@@H](C)Oc2ccc(S(=O)(=O)N3CCOCC3)cc2[N+](=O)[O-])cc1. The van der Waals surface area contributed by atoms with Crippen LogP contribution in [0.3, 0.4) is 0 Å². The lowest BCUT2D eigenvalue weighted by atomic mass is 10.1. The third kappa shape index (κ3) is 5.42. The number of nitro benzene ring substituents is 1. The lowest BCUT2D eigenvalue weighted by molar-refractivity contribution is -0.386. The van der Waals surface area contributed by atoms with Crippen molar-refractivity contribution in [3.63, 3.8) is 0 Å². The highest BCUT2D eigenvalue weighted by Gasteiger charge is 2.30. The number of ether oxygens (including phenoxy) is 2. The van der Waals surface area contributed by atoms with Crippen molar-refractivity contribution in [2.45, 2.75) is 31.3 Å². The summed E-state index contributed by atoms with van der Waals surface area (Å²) in [6, 6.07) is 10.7. The number of nitrogens with zero attached hydrogens (tertiary/aromatic N) is 2. The Morgan fingerprint density at radius 2 is 1.88 bits per heavy atom. The molecule has 10 nitrogen and oxygen atoms in total. The number of hydrogen-bond donors (Lipinski definition) is 1. The van der Waals surface area contributed by atoms with Gasteiger partial charge in [0.25, 0.3) is 5.91 Å². The van der Waals surface area contributed by atoms with Gasteiger partial charge in [0, 0.05) is 24.8 Å². The minimum atomic E-state index is -3.91. The number of anilines is 1. The Kier molecular flexibility index (Phi) is 7.44. The molecule has 1 heterocycles. The number of hydrogen-bond acceptors (Lipinski definition) is 7. The monoisotopic (exact) mass is 463 g/mol. The van der Waals surface area contributed by atoms with E-state index in [9.17, 15) is 23.3 Å². The fraction of sp³-hybridized carbons (Fsp3) is 0.381. The van der Waals surface area contributed by atoms with Gasteiger partial charge in [-0.1, -0.05) is 19.1 Å². The molecule has 1 atom stereocenters. The van der Waals surface area contributed by atoms with Gasteiger partial charge in [-0.3, -0.25) is 14.9 Å². The topological polar surface area (TPSA) is 128 Å². The molecule has 0 aliphatic carbocycles. The summed E-state index contributed by atoms with van der Waals surface area (Å²) in [6.45, 7) is 4.34. The molecular formula is C21H25N3O7S. The van der Waals surface area contributed by atoms with Crippen molar-refractivity contribution in [2.75, 3.05) is 31.6 Å². The second-order valence-corrected chi connectivity index (χ2v) is 9.14. The molecule has 2 aromatic rings. The van der Waals surface area contributed by atoms with Crippen molar-refractivity contribution in [3.05, 3.63) is 58.1 Å². The van der Waals surface area contributed by atoms with Crippen LogP contribution in [0.25, 0.3) is 0 Å². The number of aryl methyl sites for hydroxylation is 1. The number of nitrogens with one attached hydrogen (secondary N) is 1. The van der Waals surface area contributed by atoms with Crippen LogP contribution in [0.2, 0.25) is 0 Å². The molecule has 1 saturated heterocycles. The summed E-state index contributed by atoms with van der Waals surface area (Å²) in [6.07, 6.45) is -0.185. The van der Waals surface area contributed by atoms with Crippen LogP contribution in [-0.2, 0) is 26.0 Å². The molecule has 0 aromatic heterocycles. The first-order valence-electron chi connectivity index (χ1n) is 10.1. The molecule has 3 rings (SSSR count). The van der Waals surface area contributed by atoms with Gasteiger partial charge in [0.2, 0.25) is 10.0 Å². The highest BCUT2D eigenvalue weighted by atomic mass is 32.2. The second-order valence-electron chi connectivity index (χ2n) is 7.20. The van der Waals surface area contributed by atoms with Crippen molar-refractivity contribution < 1.29 is 27.6 Å². The fourth-order valence-electron chi connectivity index (χ4n) is 3.15. The predicted octanol–water partition coefficient (Wildman–Crippen LogP) is 2.58. The predicted molar refractivity (Wildman–Crippen MR) is 117 cm³/mol. The summed E-state index contributed by atoms with van der Waals surface area (Å²) in [4.78, 5) is 23.1. The third-order valence-corrected chi connectivity index (χ3v) is 6.93. The van der Waals surface area contributed by atoms with E-state index in [0.29, 0.717) is 5.69 Å². The van der Waals surface area contributed by atoms with E-state index < -0.39 is 32.6 Å². The normalized spacial score (nSPS) is 15.7. The standard InChI is InChI=1S/C21H25N3O7S/c1-3-16-4-6-17(7-5-16)22-21(25)15(2)31-20-9-8-18(14-19(20)24(26)27)32(28,29)23-10-12-30-13-11-23/h4-9,14-15H,3,10-13H2,1-2H3,(H,22,25)/t15-/m1/s1. The highest BCUT2D eigenvalue weighted by molar-refractivity contribution is 7.89. The zero-order chi connectivity index (χ0) is 23.3. The first kappa shape index (κ1) is 23.6. The smallest absolute Gasteiger partial charge is 0.312 e. The van der Waals surface area contributed by atoms with Gasteiger partial charge in [-0.05, 0) is 43.2 Å². The van der Waals surface area contributed by atoms with Crippen molar-refractivity contribution in [1.29, 1.82) is 0 Å². The Hall–Kier alpha value is -3.02. The molecule has 0 saturated carbocycles. The second kappa shape index (κ2) is 10.1. The number of carbonyl (C=O) groups excluding carboxylic acids is 1. The van der Waals surface area contributed by atoms with Gasteiger partial charge in [-0.2, -0.15) is 4.31 Å². The molecule has 2 aromatic carbocycles. The van der Waals surface area contributed by atoms with Gasteiger partial charge in [0.05, 0.1) is 23.0 Å². The summed E-state index contributed by atoms with van der Waals surface area (Å²) in [5.74, 6) is -0.687. The first-order chi connectivity index (χ1) is 15.2. The Morgan fingerprint density at radius 3 is 2.47 bits per heavy atom. The number of sulfonamides is 1. The van der Waals surface area contributed by atoms with Crippen LogP contribution in [0.5, 0.6) is 5.75 Å². The van der Waals surface area contributed by atoms with Crippen molar-refractivity contribution in [2.24, 2.45) is 0 Å². The van der Waals surface area contributed by atoms with E-state index in [-0.39, 0.29) is 36.9 Å². The van der Waals surface area contributed by atoms with Crippen LogP contribution in [0, 0.1) is 10.1 Å². The third-order valence-electron chi connectivity index (χ3n) is 5.04. The van der Waals surface area contributed by atoms with Crippen LogP contribution < -0.4 is 10.1 Å². The number of amides is 1. The van der Waals surface area contributed by atoms with E-state index in [0.717, 1.165) is 18.1 Å². The maximum atomic E-state index is 12.8. The first-order valence-corrected chi connectivity index (χ1v) is 11.6. The van der Waals surface area contributed by atoms with E-state index in [4.69, 9.17) is 9.47 Å². The summed E-state index contributed by atoms with van der Waals surface area (Å²) >= 11 is 0. The maximum Gasteiger partial charge on any atom is 0.312 e. The molecule has 0 spiro atoms. The zero-order valence-electron chi connectivity index (χ0n) is 17.8. The molecule has 1 aliphatic rings. The zero-order valence-corrected chi connectivity index (χ0v) is 18.6. The Bertz CT molecular complexity index is 1080. The van der Waals surface area contributed by atoms with Gasteiger partial charge in [0.1, 0.15) is 0 Å². The number of benzene rings is 2. The van der Waals surface area contributed by atoms with Crippen molar-refractivity contribution in [3.8, 4) is 5.75 Å². The quantitative estimate of drug-likeness (QED) is 0.471. The summed E-state index contributed by atoms with van der Waals surface area (Å²) < 4.78 is 37.5. The molecule has 32 heavy (non-hydrogen) atoms. The van der Waals surface area contributed by atoms with Gasteiger partial charge < -0.3 is 14.8 Å². The van der Waals surface area contributed by atoms with E-state index >= 15 is 0 Å². The number of carbonyl (C=O) groups is 1. The maximum absolute atomic E-state index is 12.8. The van der Waals surface area contributed by atoms with Crippen LogP contribution in [-0.4, -0.2) is 56.0 Å². The highest BCUT2D eigenvalue weighted by Crippen LogP contribution is 2.32. The lowest BCUT2D eigenvalue weighted by Gasteiger charge is -2.26. The minimum absolute atomic E-state index is 0.171. The van der Waals surface area contributed by atoms with E-state index in [1.165, 1.54) is 23.4 Å². The molecule has 1 aliphatic heterocycles. The average molecular weight is 464 g/mol. The molecule has 172 valence electrons.